The van der Waals surface area contributed by atoms with Crippen molar-refractivity contribution in [1.29, 1.82) is 0 Å². The molecular formula is C35H33F7N4O5S. The summed E-state index contributed by atoms with van der Waals surface area (Å²) in [7, 11) is -8.80. The Morgan fingerprint density at radius 2 is 1.60 bits per heavy atom. The van der Waals surface area contributed by atoms with Crippen LogP contribution in [-0.2, 0) is 32.1 Å². The van der Waals surface area contributed by atoms with E-state index in [-0.39, 0.29) is 55.8 Å². The number of benzene rings is 3. The zero-order valence-electron chi connectivity index (χ0n) is 27.4. The van der Waals surface area contributed by atoms with Crippen molar-refractivity contribution in [1.82, 2.24) is 15.2 Å². The minimum absolute atomic E-state index is 0.0569. The lowest BCUT2D eigenvalue weighted by Crippen LogP contribution is -2.52. The zero-order valence-corrected chi connectivity index (χ0v) is 28.3. The maximum atomic E-state index is 14.7. The molecule has 3 aromatic carbocycles. The molecule has 17 heteroatoms. The number of pyridine rings is 1. The maximum absolute atomic E-state index is 14.7. The first-order chi connectivity index (χ1) is 24.4. The molecular weight excluding hydrogens is 721 g/mol. The van der Waals surface area contributed by atoms with Gasteiger partial charge in [-0.2, -0.15) is 0 Å². The van der Waals surface area contributed by atoms with Crippen LogP contribution in [0.15, 0.2) is 102 Å². The number of rotatable bonds is 12. The molecule has 52 heavy (non-hydrogen) atoms. The number of likely N-dealkylation sites (tertiary alicyclic amines) is 1. The smallest absolute Gasteiger partial charge is 0.410 e. The number of hydrogen-bond acceptors (Lipinski definition) is 6. The molecule has 278 valence electrons. The van der Waals surface area contributed by atoms with Gasteiger partial charge in [-0.3, -0.25) is 24.4 Å². The minimum Gasteiger partial charge on any atom is -0.445 e. The van der Waals surface area contributed by atoms with Crippen molar-refractivity contribution in [3.63, 3.8) is 0 Å². The number of methoxy groups -OCH3 is 1. The van der Waals surface area contributed by atoms with Gasteiger partial charge in [0.15, 0.2) is 0 Å². The summed E-state index contributed by atoms with van der Waals surface area (Å²) in [6.45, 7) is -0.507. The largest absolute Gasteiger partial charge is 0.445 e. The summed E-state index contributed by atoms with van der Waals surface area (Å²) in [5.41, 5.74) is 0.490. The van der Waals surface area contributed by atoms with E-state index in [9.17, 15) is 42.6 Å². The average molecular weight is 755 g/mol. The standard InChI is InChI=1S/C35H33F7N4O5S/c1-50-29-19-31(45(21-29)35(49)51-22-23-6-3-2-4-7-23)34(48)46(28-9-11-30(12-10-28)52(38,39,40,41)42)32(25-8-5-14-43-20-25)33(47)44-15-13-24-16-26(36)18-27(37)17-24/h2-12,14,16-18,20,29,31-32H,13,15,19,21-22H2,1H3,(H,44,47)/t29-,31-,32?/m1/s1. The van der Waals surface area contributed by atoms with Crippen molar-refractivity contribution in [2.45, 2.75) is 42.5 Å². The van der Waals surface area contributed by atoms with Crippen LogP contribution in [0, 0.1) is 11.6 Å². The van der Waals surface area contributed by atoms with Crippen molar-refractivity contribution < 1.29 is 52.1 Å². The molecule has 0 aliphatic carbocycles. The van der Waals surface area contributed by atoms with Crippen LogP contribution in [0.25, 0.3) is 0 Å². The second kappa shape index (κ2) is 14.5. The molecule has 1 aliphatic heterocycles. The second-order valence-electron chi connectivity index (χ2n) is 12.0. The van der Waals surface area contributed by atoms with E-state index in [0.29, 0.717) is 23.8 Å². The number of nitrogens with zero attached hydrogens (tertiary/aromatic N) is 3. The van der Waals surface area contributed by atoms with Gasteiger partial charge in [-0.25, -0.2) is 13.6 Å². The predicted octanol–water partition coefficient (Wildman–Crippen LogP) is 7.88. The van der Waals surface area contributed by atoms with Gasteiger partial charge in [0.25, 0.3) is 5.91 Å². The first-order valence-electron chi connectivity index (χ1n) is 15.7. The van der Waals surface area contributed by atoms with E-state index in [1.165, 1.54) is 31.6 Å². The van der Waals surface area contributed by atoms with Gasteiger partial charge in [-0.1, -0.05) is 55.8 Å². The topological polar surface area (TPSA) is 101 Å². The molecule has 3 amide bonds. The quantitative estimate of drug-likeness (QED) is 0.148. The molecule has 1 saturated heterocycles. The van der Waals surface area contributed by atoms with Crippen LogP contribution in [0.5, 0.6) is 0 Å². The summed E-state index contributed by atoms with van der Waals surface area (Å²) < 4.78 is 107. The van der Waals surface area contributed by atoms with Gasteiger partial charge in [-0.15, -0.1) is 0 Å². The third-order valence-electron chi connectivity index (χ3n) is 8.26. The number of ether oxygens (including phenoxy) is 2. The molecule has 1 unspecified atom stereocenters. The molecule has 9 nitrogen and oxygen atoms in total. The van der Waals surface area contributed by atoms with E-state index in [1.807, 2.05) is 0 Å². The predicted molar refractivity (Wildman–Crippen MR) is 178 cm³/mol. The van der Waals surface area contributed by atoms with Crippen LogP contribution in [0.4, 0.5) is 38.7 Å². The van der Waals surface area contributed by atoms with E-state index in [0.717, 1.165) is 21.9 Å². The summed E-state index contributed by atoms with van der Waals surface area (Å²) in [5.74, 6) is -3.58. The number of hydrogen-bond donors (Lipinski definition) is 1. The number of nitrogens with one attached hydrogen (secondary N) is 1. The Morgan fingerprint density at radius 3 is 2.19 bits per heavy atom. The summed E-state index contributed by atoms with van der Waals surface area (Å²) in [6, 6.07) is 12.6. The Morgan fingerprint density at radius 1 is 0.923 bits per heavy atom. The Kier molecular flexibility index (Phi) is 10.6. The van der Waals surface area contributed by atoms with Crippen molar-refractivity contribution in [2.24, 2.45) is 0 Å². The fourth-order valence-corrected chi connectivity index (χ4v) is 6.42. The van der Waals surface area contributed by atoms with Crippen LogP contribution >= 0.6 is 10.2 Å². The number of halogens is 7. The molecule has 5 rings (SSSR count). The van der Waals surface area contributed by atoms with Crippen LogP contribution in [0.2, 0.25) is 0 Å². The highest BCUT2D eigenvalue weighted by molar-refractivity contribution is 8.45. The van der Waals surface area contributed by atoms with E-state index in [4.69, 9.17) is 9.47 Å². The number of carbonyl (C=O) groups is 3. The molecule has 0 spiro atoms. The molecule has 1 fully saturated rings. The van der Waals surface area contributed by atoms with Crippen molar-refractivity contribution >= 4 is 33.8 Å². The van der Waals surface area contributed by atoms with Gasteiger partial charge in [0.05, 0.1) is 12.6 Å². The Labute approximate surface area is 294 Å². The SMILES string of the molecule is CO[C@@H]1C[C@H](C(=O)N(c2ccc(S(F)(F)(F)(F)F)cc2)C(C(=O)NCCc2cc(F)cc(F)c2)c2cccnc2)N(C(=O)OCc2ccccc2)C1. The third kappa shape index (κ3) is 9.38. The molecule has 2 heterocycles. The molecule has 1 aliphatic rings. The van der Waals surface area contributed by atoms with Crippen LogP contribution < -0.4 is 10.2 Å². The molecule has 0 bridgehead atoms. The summed E-state index contributed by atoms with van der Waals surface area (Å²) in [6.07, 6.45) is 0.759. The normalized spacial score (nSPS) is 17.8. The minimum atomic E-state index is -10.2. The Balaban J connectivity index is 1.53. The van der Waals surface area contributed by atoms with Gasteiger partial charge >= 0.3 is 16.3 Å². The van der Waals surface area contributed by atoms with Gasteiger partial charge < -0.3 is 14.8 Å². The molecule has 1 N–H and O–H groups in total. The fourth-order valence-electron chi connectivity index (χ4n) is 5.77. The van der Waals surface area contributed by atoms with Gasteiger partial charge in [-0.05, 0) is 60.0 Å². The van der Waals surface area contributed by atoms with Crippen LogP contribution in [0.1, 0.15) is 29.2 Å². The Bertz CT molecular complexity index is 1890. The van der Waals surface area contributed by atoms with E-state index in [1.54, 1.807) is 30.3 Å². The highest BCUT2D eigenvalue weighted by Gasteiger charge is 2.65. The van der Waals surface area contributed by atoms with Crippen LogP contribution in [0.3, 0.4) is 0 Å². The first kappa shape index (κ1) is 38.1. The first-order valence-corrected chi connectivity index (χ1v) is 17.7. The number of amides is 3. The van der Waals surface area contributed by atoms with Gasteiger partial charge in [0.1, 0.15) is 35.2 Å². The van der Waals surface area contributed by atoms with Crippen LogP contribution in [-0.4, -0.2) is 60.1 Å². The van der Waals surface area contributed by atoms with Crippen molar-refractivity contribution in [3.8, 4) is 0 Å². The van der Waals surface area contributed by atoms with E-state index < -0.39 is 68.5 Å². The zero-order chi connectivity index (χ0) is 37.7. The number of anilines is 1. The third-order valence-corrected chi connectivity index (χ3v) is 9.42. The van der Waals surface area contributed by atoms with Crippen molar-refractivity contribution in [2.75, 3.05) is 25.1 Å². The van der Waals surface area contributed by atoms with Crippen molar-refractivity contribution in [3.05, 3.63) is 126 Å². The molecule has 0 radical (unpaired) electrons. The van der Waals surface area contributed by atoms with Gasteiger partial charge in [0.2, 0.25) is 5.91 Å². The fraction of sp³-hybridized carbons (Fsp3) is 0.257. The molecule has 4 aromatic rings. The molecule has 3 atom stereocenters. The molecule has 1 aromatic heterocycles. The van der Waals surface area contributed by atoms with E-state index in [2.05, 4.69) is 10.3 Å². The monoisotopic (exact) mass is 754 g/mol. The summed E-state index contributed by atoms with van der Waals surface area (Å²) >= 11 is 0. The number of carbonyl (C=O) groups excluding carboxylic acids is 3. The van der Waals surface area contributed by atoms with Gasteiger partial charge in [0, 0.05) is 49.8 Å². The highest BCUT2D eigenvalue weighted by Crippen LogP contribution is 3.02. The summed E-state index contributed by atoms with van der Waals surface area (Å²) in [4.78, 5) is 45.7. The Hall–Kier alpha value is -5.16. The lowest BCUT2D eigenvalue weighted by Gasteiger charge is -2.41. The lowest BCUT2D eigenvalue weighted by atomic mass is 10.0. The highest BCUT2D eigenvalue weighted by atomic mass is 32.5. The average Bonchev–Trinajstić information content (AvgIpc) is 3.54. The number of aromatic nitrogens is 1. The molecule has 0 saturated carbocycles. The lowest BCUT2D eigenvalue weighted by molar-refractivity contribution is -0.128. The maximum Gasteiger partial charge on any atom is 0.410 e. The van der Waals surface area contributed by atoms with E-state index >= 15 is 0 Å². The second-order valence-corrected chi connectivity index (χ2v) is 14.4. The summed E-state index contributed by atoms with van der Waals surface area (Å²) in [5, 5.41) is 2.57.